The van der Waals surface area contributed by atoms with Crippen LogP contribution in [0.15, 0.2) is 0 Å². The number of rotatable bonds is 11. The molecule has 1 atom stereocenters. The van der Waals surface area contributed by atoms with Gasteiger partial charge in [-0.15, -0.1) is 4.59 Å². The van der Waals surface area contributed by atoms with Crippen molar-refractivity contribution < 1.29 is 14.2 Å². The van der Waals surface area contributed by atoms with E-state index >= 15 is 0 Å². The van der Waals surface area contributed by atoms with E-state index in [1.807, 2.05) is 0 Å². The number of carbonyl (C=O) groups is 2. The van der Waals surface area contributed by atoms with Crippen LogP contribution in [0.2, 0.25) is 0 Å². The van der Waals surface area contributed by atoms with E-state index in [1.54, 1.807) is 5.01 Å². The number of hydrogen-bond acceptors (Lipinski definition) is 3. The highest BCUT2D eigenvalue weighted by molar-refractivity contribution is 5.78. The number of unbranched alkanes of at least 4 members (excludes halogenated alkanes) is 5. The van der Waals surface area contributed by atoms with Gasteiger partial charge in [0, 0.05) is 6.42 Å². The van der Waals surface area contributed by atoms with Gasteiger partial charge < -0.3 is 0 Å². The predicted molar refractivity (Wildman–Crippen MR) is 93.0 cm³/mol. The first-order valence-corrected chi connectivity index (χ1v) is 9.54. The lowest BCUT2D eigenvalue weighted by Gasteiger charge is -2.37. The molecule has 1 heterocycles. The highest BCUT2D eigenvalue weighted by Crippen LogP contribution is 2.23. The van der Waals surface area contributed by atoms with E-state index in [4.69, 9.17) is 0 Å². The van der Waals surface area contributed by atoms with E-state index < -0.39 is 0 Å². The maximum absolute atomic E-state index is 12.9. The van der Waals surface area contributed by atoms with E-state index in [9.17, 15) is 9.59 Å². The standard InChI is InChI=1S/C18H36N3O2/c1-4-7-10-12-17(22)20-15-19-16-21(20,14-9-6-3)18(23)13-11-8-5-2/h19H,4-16H2,1-3H3/q+1. The fourth-order valence-electron chi connectivity index (χ4n) is 3.22. The molecule has 0 saturated carbocycles. The third-order valence-electron chi connectivity index (χ3n) is 4.72. The van der Waals surface area contributed by atoms with Crippen LogP contribution in [0.5, 0.6) is 0 Å². The predicted octanol–water partition coefficient (Wildman–Crippen LogP) is 3.55. The first-order chi connectivity index (χ1) is 11.1. The number of quaternary nitrogens is 1. The minimum absolute atomic E-state index is 0.128. The average molecular weight is 327 g/mol. The Hall–Kier alpha value is -0.940. The molecule has 2 amide bonds. The lowest BCUT2D eigenvalue weighted by atomic mass is 10.1. The Morgan fingerprint density at radius 2 is 1.52 bits per heavy atom. The molecule has 0 aliphatic carbocycles. The van der Waals surface area contributed by atoms with Crippen LogP contribution in [0, 0.1) is 0 Å². The number of carbonyl (C=O) groups excluding carboxylic acids is 2. The molecule has 1 saturated heterocycles. The van der Waals surface area contributed by atoms with Crippen LogP contribution >= 0.6 is 0 Å². The first-order valence-electron chi connectivity index (χ1n) is 9.54. The lowest BCUT2D eigenvalue weighted by molar-refractivity contribution is -0.942. The minimum Gasteiger partial charge on any atom is -0.270 e. The second-order valence-electron chi connectivity index (χ2n) is 6.67. The molecule has 0 spiro atoms. The van der Waals surface area contributed by atoms with Gasteiger partial charge in [-0.25, -0.2) is 10.1 Å². The molecule has 1 N–H and O–H groups in total. The molecule has 134 valence electrons. The molecular weight excluding hydrogens is 290 g/mol. The molecule has 0 bridgehead atoms. The zero-order valence-corrected chi connectivity index (χ0v) is 15.4. The molecule has 0 aromatic carbocycles. The maximum Gasteiger partial charge on any atom is 0.339 e. The molecule has 1 fully saturated rings. The van der Waals surface area contributed by atoms with Crippen LogP contribution in [0.4, 0.5) is 0 Å². The van der Waals surface area contributed by atoms with Gasteiger partial charge >= 0.3 is 5.91 Å². The van der Waals surface area contributed by atoms with Gasteiger partial charge in [0.1, 0.15) is 13.2 Å². The van der Waals surface area contributed by atoms with Gasteiger partial charge in [0.05, 0.1) is 6.42 Å². The molecule has 0 aromatic rings. The zero-order valence-electron chi connectivity index (χ0n) is 15.4. The van der Waals surface area contributed by atoms with Gasteiger partial charge in [0.2, 0.25) is 0 Å². The normalized spacial score (nSPS) is 20.9. The summed E-state index contributed by atoms with van der Waals surface area (Å²) >= 11 is 0. The summed E-state index contributed by atoms with van der Waals surface area (Å²) < 4.78 is 0.211. The molecule has 5 nitrogen and oxygen atoms in total. The van der Waals surface area contributed by atoms with Gasteiger partial charge in [0.15, 0.2) is 6.67 Å². The summed E-state index contributed by atoms with van der Waals surface area (Å²) in [7, 11) is 0. The van der Waals surface area contributed by atoms with Crippen LogP contribution in [-0.4, -0.2) is 41.3 Å². The van der Waals surface area contributed by atoms with Crippen molar-refractivity contribution in [2.24, 2.45) is 0 Å². The summed E-state index contributed by atoms with van der Waals surface area (Å²) in [6.45, 7) is 8.25. The number of nitrogens with zero attached hydrogens (tertiary/aromatic N) is 2. The van der Waals surface area contributed by atoms with Crippen molar-refractivity contribution >= 4 is 11.8 Å². The van der Waals surface area contributed by atoms with Crippen molar-refractivity contribution in [3.8, 4) is 0 Å². The van der Waals surface area contributed by atoms with Crippen molar-refractivity contribution in [2.75, 3.05) is 19.9 Å². The van der Waals surface area contributed by atoms with Crippen LogP contribution in [0.3, 0.4) is 0 Å². The summed E-state index contributed by atoms with van der Waals surface area (Å²) in [6, 6.07) is 0. The maximum atomic E-state index is 12.9. The van der Waals surface area contributed by atoms with E-state index in [0.29, 0.717) is 26.2 Å². The van der Waals surface area contributed by atoms with Crippen LogP contribution in [0.1, 0.15) is 85.0 Å². The van der Waals surface area contributed by atoms with Crippen molar-refractivity contribution in [1.29, 1.82) is 0 Å². The van der Waals surface area contributed by atoms with Crippen molar-refractivity contribution in [3.05, 3.63) is 0 Å². The number of nitrogens with one attached hydrogen (secondary N) is 1. The molecule has 5 heteroatoms. The molecule has 1 aliphatic heterocycles. The SMILES string of the molecule is CCCCCC(=O)N1CNC[N+]1(CCCC)C(=O)CCCCC. The van der Waals surface area contributed by atoms with Gasteiger partial charge in [-0.1, -0.05) is 52.9 Å². The number of amides is 2. The smallest absolute Gasteiger partial charge is 0.270 e. The first kappa shape index (κ1) is 20.1. The molecule has 1 rings (SSSR count). The van der Waals surface area contributed by atoms with Crippen molar-refractivity contribution in [2.45, 2.75) is 85.0 Å². The van der Waals surface area contributed by atoms with Crippen molar-refractivity contribution in [1.82, 2.24) is 10.3 Å². The Morgan fingerprint density at radius 3 is 2.13 bits per heavy atom. The third-order valence-corrected chi connectivity index (χ3v) is 4.72. The summed E-state index contributed by atoms with van der Waals surface area (Å²) in [4.78, 5) is 25.6. The fourth-order valence-corrected chi connectivity index (χ4v) is 3.22. The van der Waals surface area contributed by atoms with Gasteiger partial charge in [-0.3, -0.25) is 4.79 Å². The molecule has 0 radical (unpaired) electrons. The zero-order chi connectivity index (χ0) is 17.1. The Bertz CT molecular complexity index is 373. The molecule has 23 heavy (non-hydrogen) atoms. The molecule has 1 unspecified atom stereocenters. The van der Waals surface area contributed by atoms with E-state index in [2.05, 4.69) is 26.1 Å². The lowest BCUT2D eigenvalue weighted by Crippen LogP contribution is -2.62. The third kappa shape index (κ3) is 5.57. The average Bonchev–Trinajstić information content (AvgIpc) is 2.98. The second kappa shape index (κ2) is 10.8. The molecule has 0 aromatic heterocycles. The highest BCUT2D eigenvalue weighted by atomic mass is 16.2. The minimum atomic E-state index is 0.128. The quantitative estimate of drug-likeness (QED) is 0.466. The summed E-state index contributed by atoms with van der Waals surface area (Å²) in [5, 5.41) is 5.08. The Kier molecular flexibility index (Phi) is 9.41. The van der Waals surface area contributed by atoms with Crippen LogP contribution in [-0.2, 0) is 9.59 Å². The van der Waals surface area contributed by atoms with Crippen LogP contribution < -0.4 is 5.32 Å². The monoisotopic (exact) mass is 326 g/mol. The Balaban J connectivity index is 2.79. The van der Waals surface area contributed by atoms with Gasteiger partial charge in [0.25, 0.3) is 5.91 Å². The van der Waals surface area contributed by atoms with E-state index in [0.717, 1.165) is 57.9 Å². The Morgan fingerprint density at radius 1 is 0.913 bits per heavy atom. The summed E-state index contributed by atoms with van der Waals surface area (Å²) in [6.07, 6.45) is 9.38. The topological polar surface area (TPSA) is 49.4 Å². The largest absolute Gasteiger partial charge is 0.339 e. The molecular formula is C18H36N3O2+. The Labute approximate surface area is 142 Å². The van der Waals surface area contributed by atoms with Gasteiger partial charge in [-0.2, -0.15) is 5.01 Å². The highest BCUT2D eigenvalue weighted by Gasteiger charge is 2.48. The summed E-state index contributed by atoms with van der Waals surface area (Å²) in [5.41, 5.74) is 0. The van der Waals surface area contributed by atoms with Gasteiger partial charge in [-0.05, 0) is 19.3 Å². The van der Waals surface area contributed by atoms with Crippen molar-refractivity contribution in [3.63, 3.8) is 0 Å². The molecule has 1 aliphatic rings. The number of hydrogen-bond donors (Lipinski definition) is 1. The van der Waals surface area contributed by atoms with Crippen LogP contribution in [0.25, 0.3) is 0 Å². The van der Waals surface area contributed by atoms with E-state index in [-0.39, 0.29) is 16.4 Å². The fraction of sp³-hybridized carbons (Fsp3) is 0.889. The van der Waals surface area contributed by atoms with E-state index in [1.165, 1.54) is 0 Å². The second-order valence-corrected chi connectivity index (χ2v) is 6.67. The summed E-state index contributed by atoms with van der Waals surface area (Å²) in [5.74, 6) is 0.337.